The van der Waals surface area contributed by atoms with Crippen molar-refractivity contribution >= 4 is 33.4 Å². The Morgan fingerprint density at radius 3 is 3.00 bits per heavy atom. The van der Waals surface area contributed by atoms with Gasteiger partial charge < -0.3 is 9.64 Å². The number of carbonyl (C=O) groups is 1. The zero-order chi connectivity index (χ0) is 13.3. The van der Waals surface area contributed by atoms with Gasteiger partial charge in [0, 0.05) is 23.8 Å². The van der Waals surface area contributed by atoms with Gasteiger partial charge in [0.15, 0.2) is 0 Å². The van der Waals surface area contributed by atoms with Gasteiger partial charge in [0.25, 0.3) is 5.91 Å². The molecule has 0 spiro atoms. The molecule has 1 fully saturated rings. The van der Waals surface area contributed by atoms with Crippen LogP contribution in [0.5, 0.6) is 0 Å². The van der Waals surface area contributed by atoms with Crippen LogP contribution in [0.25, 0.3) is 0 Å². The first-order valence-electron chi connectivity index (χ1n) is 5.63. The Morgan fingerprint density at radius 1 is 1.61 bits per heavy atom. The summed E-state index contributed by atoms with van der Waals surface area (Å²) in [5.41, 5.74) is 0.101. The number of hydrogen-bond donors (Lipinski definition) is 0. The maximum absolute atomic E-state index is 12.4. The van der Waals surface area contributed by atoms with Gasteiger partial charge in [0.2, 0.25) is 0 Å². The summed E-state index contributed by atoms with van der Waals surface area (Å²) in [6, 6.07) is 1.69. The molecular formula is C12H14BrClN2O2. The minimum Gasteiger partial charge on any atom is -0.372 e. The average Bonchev–Trinajstić information content (AvgIpc) is 2.30. The number of hydrogen-bond acceptors (Lipinski definition) is 3. The van der Waals surface area contributed by atoms with Gasteiger partial charge in [-0.25, -0.2) is 4.98 Å². The van der Waals surface area contributed by atoms with Gasteiger partial charge in [-0.3, -0.25) is 4.79 Å². The quantitative estimate of drug-likeness (QED) is 0.742. The second kappa shape index (κ2) is 5.15. The first-order valence-corrected chi connectivity index (χ1v) is 6.80. The fourth-order valence-corrected chi connectivity index (χ4v) is 2.45. The third-order valence-electron chi connectivity index (χ3n) is 2.75. The van der Waals surface area contributed by atoms with E-state index in [1.165, 1.54) is 0 Å². The molecule has 4 nitrogen and oxygen atoms in total. The summed E-state index contributed by atoms with van der Waals surface area (Å²) in [7, 11) is 0. The molecule has 18 heavy (non-hydrogen) atoms. The fraction of sp³-hybridized carbons (Fsp3) is 0.500. The first-order chi connectivity index (χ1) is 8.39. The predicted octanol–water partition coefficient (Wildman–Crippen LogP) is 2.75. The summed E-state index contributed by atoms with van der Waals surface area (Å²) in [6.45, 7) is 5.60. The van der Waals surface area contributed by atoms with Crippen molar-refractivity contribution in [3.8, 4) is 0 Å². The summed E-state index contributed by atoms with van der Waals surface area (Å²) in [5.74, 6) is -0.106. The van der Waals surface area contributed by atoms with Crippen LogP contribution in [0.3, 0.4) is 0 Å². The molecule has 1 aliphatic rings. The van der Waals surface area contributed by atoms with Crippen molar-refractivity contribution in [3.05, 3.63) is 27.5 Å². The lowest BCUT2D eigenvalue weighted by Crippen LogP contribution is -2.50. The van der Waals surface area contributed by atoms with E-state index in [9.17, 15) is 4.79 Å². The number of aromatic nitrogens is 1. The van der Waals surface area contributed by atoms with E-state index in [0.29, 0.717) is 25.3 Å². The summed E-state index contributed by atoms with van der Waals surface area (Å²) in [6.07, 6.45) is 1.57. The highest BCUT2D eigenvalue weighted by Gasteiger charge is 2.31. The van der Waals surface area contributed by atoms with E-state index in [0.717, 1.165) is 4.47 Å². The van der Waals surface area contributed by atoms with Crippen LogP contribution < -0.4 is 0 Å². The van der Waals surface area contributed by atoms with Crippen molar-refractivity contribution in [3.63, 3.8) is 0 Å². The Morgan fingerprint density at radius 2 is 2.33 bits per heavy atom. The molecule has 1 aromatic rings. The number of amides is 1. The van der Waals surface area contributed by atoms with Crippen molar-refractivity contribution in [1.29, 1.82) is 0 Å². The molecule has 0 aromatic carbocycles. The standard InChI is InChI=1S/C12H14BrClN2O2/c1-12(2)7-16(3-4-18-12)11(17)9-5-8(13)6-15-10(9)14/h5-6H,3-4,7H2,1-2H3. The highest BCUT2D eigenvalue weighted by molar-refractivity contribution is 9.10. The zero-order valence-corrected chi connectivity index (χ0v) is 12.6. The molecule has 2 heterocycles. The van der Waals surface area contributed by atoms with Gasteiger partial charge in [0.1, 0.15) is 5.15 Å². The monoisotopic (exact) mass is 332 g/mol. The highest BCUT2D eigenvalue weighted by atomic mass is 79.9. The largest absolute Gasteiger partial charge is 0.372 e. The van der Waals surface area contributed by atoms with Crippen LogP contribution in [0.4, 0.5) is 0 Å². The Kier molecular flexibility index (Phi) is 3.94. The van der Waals surface area contributed by atoms with Crippen molar-refractivity contribution in [2.24, 2.45) is 0 Å². The maximum Gasteiger partial charge on any atom is 0.257 e. The lowest BCUT2D eigenvalue weighted by Gasteiger charge is -2.38. The minimum absolute atomic E-state index is 0.106. The van der Waals surface area contributed by atoms with Crippen LogP contribution in [-0.2, 0) is 4.74 Å². The molecule has 0 N–H and O–H groups in total. The summed E-state index contributed by atoms with van der Waals surface area (Å²) in [4.78, 5) is 18.1. The molecule has 1 aliphatic heterocycles. The molecule has 0 unspecified atom stereocenters. The van der Waals surface area contributed by atoms with Crippen LogP contribution in [0, 0.1) is 0 Å². The molecule has 98 valence electrons. The number of pyridine rings is 1. The van der Waals surface area contributed by atoms with E-state index in [4.69, 9.17) is 16.3 Å². The molecule has 1 amide bonds. The minimum atomic E-state index is -0.320. The van der Waals surface area contributed by atoms with Crippen LogP contribution >= 0.6 is 27.5 Å². The topological polar surface area (TPSA) is 42.4 Å². The number of nitrogens with zero attached hydrogens (tertiary/aromatic N) is 2. The van der Waals surface area contributed by atoms with E-state index in [1.807, 2.05) is 13.8 Å². The van der Waals surface area contributed by atoms with Crippen molar-refractivity contribution in [2.75, 3.05) is 19.7 Å². The number of ether oxygens (including phenoxy) is 1. The molecule has 1 aromatic heterocycles. The Hall–Kier alpha value is -0.650. The van der Waals surface area contributed by atoms with Crippen LogP contribution in [0.15, 0.2) is 16.7 Å². The van der Waals surface area contributed by atoms with E-state index < -0.39 is 0 Å². The summed E-state index contributed by atoms with van der Waals surface area (Å²) < 4.78 is 6.32. The SMILES string of the molecule is CC1(C)CN(C(=O)c2cc(Br)cnc2Cl)CCO1. The van der Waals surface area contributed by atoms with Gasteiger partial charge in [-0.2, -0.15) is 0 Å². The van der Waals surface area contributed by atoms with Crippen LogP contribution in [0.2, 0.25) is 5.15 Å². The second-order valence-electron chi connectivity index (χ2n) is 4.83. The normalized spacial score (nSPS) is 18.8. The van der Waals surface area contributed by atoms with E-state index in [-0.39, 0.29) is 16.7 Å². The first kappa shape index (κ1) is 13.8. The summed E-state index contributed by atoms with van der Waals surface area (Å²) >= 11 is 9.27. The molecule has 1 saturated heterocycles. The van der Waals surface area contributed by atoms with Gasteiger partial charge in [0.05, 0.1) is 17.8 Å². The average molecular weight is 334 g/mol. The van der Waals surface area contributed by atoms with Crippen LogP contribution in [0.1, 0.15) is 24.2 Å². The number of rotatable bonds is 1. The fourth-order valence-electron chi connectivity index (χ4n) is 1.93. The molecule has 0 radical (unpaired) electrons. The molecule has 0 aliphatic carbocycles. The second-order valence-corrected chi connectivity index (χ2v) is 6.10. The third-order valence-corrected chi connectivity index (χ3v) is 3.48. The lowest BCUT2D eigenvalue weighted by molar-refractivity contribution is -0.0764. The molecular weight excluding hydrogens is 320 g/mol. The zero-order valence-electron chi connectivity index (χ0n) is 10.2. The Balaban J connectivity index is 2.23. The Bertz CT molecular complexity index is 479. The van der Waals surface area contributed by atoms with Gasteiger partial charge >= 0.3 is 0 Å². The van der Waals surface area contributed by atoms with E-state index in [2.05, 4.69) is 20.9 Å². The van der Waals surface area contributed by atoms with Crippen molar-refractivity contribution in [1.82, 2.24) is 9.88 Å². The van der Waals surface area contributed by atoms with Gasteiger partial charge in [-0.15, -0.1) is 0 Å². The van der Waals surface area contributed by atoms with E-state index in [1.54, 1.807) is 17.2 Å². The molecule has 0 bridgehead atoms. The van der Waals surface area contributed by atoms with Crippen LogP contribution in [-0.4, -0.2) is 41.1 Å². The number of morpholine rings is 1. The number of halogens is 2. The molecule has 0 saturated carbocycles. The molecule has 6 heteroatoms. The maximum atomic E-state index is 12.4. The third kappa shape index (κ3) is 3.02. The van der Waals surface area contributed by atoms with Gasteiger partial charge in [-0.1, -0.05) is 11.6 Å². The number of carbonyl (C=O) groups excluding carboxylic acids is 1. The summed E-state index contributed by atoms with van der Waals surface area (Å²) in [5, 5.41) is 0.229. The Labute approximate surface area is 119 Å². The lowest BCUT2D eigenvalue weighted by atomic mass is 10.1. The van der Waals surface area contributed by atoms with E-state index >= 15 is 0 Å². The predicted molar refractivity (Wildman–Crippen MR) is 72.9 cm³/mol. The molecule has 2 rings (SSSR count). The smallest absolute Gasteiger partial charge is 0.257 e. The highest BCUT2D eigenvalue weighted by Crippen LogP contribution is 2.23. The molecule has 0 atom stereocenters. The van der Waals surface area contributed by atoms with Crippen molar-refractivity contribution in [2.45, 2.75) is 19.4 Å². The van der Waals surface area contributed by atoms with Gasteiger partial charge in [-0.05, 0) is 35.8 Å². The van der Waals surface area contributed by atoms with Crippen molar-refractivity contribution < 1.29 is 9.53 Å².